The van der Waals surface area contributed by atoms with Crippen LogP contribution in [0.2, 0.25) is 0 Å². The van der Waals surface area contributed by atoms with E-state index in [0.29, 0.717) is 12.0 Å². The number of carboxylic acids is 1. The van der Waals surface area contributed by atoms with Crippen molar-refractivity contribution >= 4 is 22.6 Å². The standard InChI is InChI=1S/C16H18N2O2/c1-10(11-7-8-11)18(2)15-13-6-4-3-5-12(13)9-14(17-15)16(19)20/h3-6,9-11H,7-8H2,1-2H3,(H,19,20). The Kier molecular flexibility index (Phi) is 3.08. The van der Waals surface area contributed by atoms with E-state index in [1.54, 1.807) is 6.07 Å². The summed E-state index contributed by atoms with van der Waals surface area (Å²) >= 11 is 0. The van der Waals surface area contributed by atoms with Crippen LogP contribution >= 0.6 is 0 Å². The van der Waals surface area contributed by atoms with Gasteiger partial charge in [0.1, 0.15) is 5.82 Å². The zero-order valence-electron chi connectivity index (χ0n) is 11.7. The minimum Gasteiger partial charge on any atom is -0.477 e. The lowest BCUT2D eigenvalue weighted by Crippen LogP contribution is -2.31. The second kappa shape index (κ2) is 4.78. The van der Waals surface area contributed by atoms with Crippen molar-refractivity contribution in [2.24, 2.45) is 5.92 Å². The number of carboxylic acid groups (broad SMARTS) is 1. The van der Waals surface area contributed by atoms with Crippen LogP contribution in [-0.2, 0) is 0 Å². The van der Waals surface area contributed by atoms with Crippen molar-refractivity contribution in [1.29, 1.82) is 0 Å². The highest BCUT2D eigenvalue weighted by Gasteiger charge is 2.31. The Balaban J connectivity index is 2.13. The SMILES string of the molecule is CC(C1CC1)N(C)c1nc(C(=O)O)cc2ccccc12. The van der Waals surface area contributed by atoms with Crippen molar-refractivity contribution in [3.8, 4) is 0 Å². The zero-order valence-corrected chi connectivity index (χ0v) is 11.7. The van der Waals surface area contributed by atoms with Crippen molar-refractivity contribution in [1.82, 2.24) is 4.98 Å². The number of aromatic carboxylic acids is 1. The second-order valence-corrected chi connectivity index (χ2v) is 5.55. The fourth-order valence-electron chi connectivity index (χ4n) is 2.65. The monoisotopic (exact) mass is 270 g/mol. The van der Waals surface area contributed by atoms with Crippen molar-refractivity contribution in [3.63, 3.8) is 0 Å². The lowest BCUT2D eigenvalue weighted by Gasteiger charge is -2.27. The molecule has 20 heavy (non-hydrogen) atoms. The van der Waals surface area contributed by atoms with Gasteiger partial charge in [-0.3, -0.25) is 0 Å². The molecule has 0 bridgehead atoms. The van der Waals surface area contributed by atoms with Gasteiger partial charge in [0.05, 0.1) is 0 Å². The number of pyridine rings is 1. The van der Waals surface area contributed by atoms with Crippen LogP contribution in [0.5, 0.6) is 0 Å². The highest BCUT2D eigenvalue weighted by atomic mass is 16.4. The average molecular weight is 270 g/mol. The van der Waals surface area contributed by atoms with Gasteiger partial charge in [0.25, 0.3) is 0 Å². The van der Waals surface area contributed by atoms with Gasteiger partial charge >= 0.3 is 5.97 Å². The van der Waals surface area contributed by atoms with Crippen LogP contribution in [0, 0.1) is 5.92 Å². The highest BCUT2D eigenvalue weighted by Crippen LogP contribution is 2.37. The van der Waals surface area contributed by atoms with Gasteiger partial charge in [-0.2, -0.15) is 0 Å². The first kappa shape index (κ1) is 12.9. The Morgan fingerprint density at radius 2 is 2.10 bits per heavy atom. The summed E-state index contributed by atoms with van der Waals surface area (Å²) in [6.45, 7) is 2.18. The maximum Gasteiger partial charge on any atom is 0.354 e. The number of nitrogens with zero attached hydrogens (tertiary/aromatic N) is 2. The molecule has 2 aromatic rings. The zero-order chi connectivity index (χ0) is 14.3. The first-order valence-corrected chi connectivity index (χ1v) is 6.94. The molecule has 0 radical (unpaired) electrons. The van der Waals surface area contributed by atoms with Gasteiger partial charge in [-0.15, -0.1) is 0 Å². The normalized spacial score (nSPS) is 16.1. The molecule has 1 aromatic heterocycles. The van der Waals surface area contributed by atoms with Crippen LogP contribution in [0.1, 0.15) is 30.3 Å². The van der Waals surface area contributed by atoms with E-state index in [1.807, 2.05) is 31.3 Å². The number of rotatable bonds is 4. The highest BCUT2D eigenvalue weighted by molar-refractivity contribution is 5.98. The largest absolute Gasteiger partial charge is 0.477 e. The van der Waals surface area contributed by atoms with Crippen LogP contribution in [0.4, 0.5) is 5.82 Å². The molecule has 4 heteroatoms. The number of benzene rings is 1. The molecular weight excluding hydrogens is 252 g/mol. The Morgan fingerprint density at radius 3 is 2.75 bits per heavy atom. The van der Waals surface area contributed by atoms with Gasteiger partial charge in [-0.1, -0.05) is 24.3 Å². The van der Waals surface area contributed by atoms with Gasteiger partial charge < -0.3 is 10.0 Å². The van der Waals surface area contributed by atoms with E-state index in [0.717, 1.165) is 16.6 Å². The third-order valence-electron chi connectivity index (χ3n) is 4.19. The van der Waals surface area contributed by atoms with Gasteiger partial charge in [-0.25, -0.2) is 9.78 Å². The average Bonchev–Trinajstić information content (AvgIpc) is 3.29. The summed E-state index contributed by atoms with van der Waals surface area (Å²) in [5.41, 5.74) is 0.105. The van der Waals surface area contributed by atoms with E-state index in [2.05, 4.69) is 16.8 Å². The molecule has 0 spiro atoms. The third-order valence-corrected chi connectivity index (χ3v) is 4.19. The van der Waals surface area contributed by atoms with Crippen LogP contribution in [0.15, 0.2) is 30.3 Å². The molecule has 0 saturated heterocycles. The Hall–Kier alpha value is -2.10. The van der Waals surface area contributed by atoms with Gasteiger partial charge in [0, 0.05) is 18.5 Å². The Morgan fingerprint density at radius 1 is 1.40 bits per heavy atom. The van der Waals surface area contributed by atoms with Crippen LogP contribution in [0.25, 0.3) is 10.8 Å². The van der Waals surface area contributed by atoms with Crippen molar-refractivity contribution < 1.29 is 9.90 Å². The van der Waals surface area contributed by atoms with Crippen molar-refractivity contribution in [2.75, 3.05) is 11.9 Å². The molecule has 104 valence electrons. The summed E-state index contributed by atoms with van der Waals surface area (Å²) < 4.78 is 0. The summed E-state index contributed by atoms with van der Waals surface area (Å²) in [5.74, 6) is 0.485. The summed E-state index contributed by atoms with van der Waals surface area (Å²) in [5, 5.41) is 11.2. The minimum absolute atomic E-state index is 0.105. The smallest absolute Gasteiger partial charge is 0.354 e. The summed E-state index contributed by atoms with van der Waals surface area (Å²) in [4.78, 5) is 17.7. The van der Waals surface area contributed by atoms with E-state index >= 15 is 0 Å². The molecule has 4 nitrogen and oxygen atoms in total. The first-order chi connectivity index (χ1) is 9.58. The molecule has 1 unspecified atom stereocenters. The lowest BCUT2D eigenvalue weighted by atomic mass is 10.1. The molecule has 0 amide bonds. The second-order valence-electron chi connectivity index (χ2n) is 5.55. The van der Waals surface area contributed by atoms with Crippen molar-refractivity contribution in [2.45, 2.75) is 25.8 Å². The summed E-state index contributed by atoms with van der Waals surface area (Å²) in [7, 11) is 2.00. The molecule has 1 aliphatic rings. The molecule has 1 aliphatic carbocycles. The molecule has 1 aromatic carbocycles. The first-order valence-electron chi connectivity index (χ1n) is 6.94. The third kappa shape index (κ3) is 2.22. The molecule has 1 atom stereocenters. The maximum atomic E-state index is 11.3. The molecular formula is C16H18N2O2. The van der Waals surface area contributed by atoms with Crippen LogP contribution in [-0.4, -0.2) is 29.1 Å². The number of anilines is 1. The number of fused-ring (bicyclic) bond motifs is 1. The van der Waals surface area contributed by atoms with Gasteiger partial charge in [0.2, 0.25) is 0 Å². The van der Waals surface area contributed by atoms with E-state index in [-0.39, 0.29) is 5.69 Å². The van der Waals surface area contributed by atoms with E-state index < -0.39 is 5.97 Å². The van der Waals surface area contributed by atoms with E-state index in [9.17, 15) is 9.90 Å². The molecule has 1 heterocycles. The quantitative estimate of drug-likeness (QED) is 0.927. The summed E-state index contributed by atoms with van der Waals surface area (Å²) in [6, 6.07) is 9.83. The predicted molar refractivity (Wildman–Crippen MR) is 79.3 cm³/mol. The molecule has 1 fully saturated rings. The number of hydrogen-bond acceptors (Lipinski definition) is 3. The number of aromatic nitrogens is 1. The van der Waals surface area contributed by atoms with Crippen LogP contribution < -0.4 is 4.90 Å². The Labute approximate surface area is 118 Å². The maximum absolute atomic E-state index is 11.3. The molecule has 1 saturated carbocycles. The predicted octanol–water partition coefficient (Wildman–Crippen LogP) is 3.17. The topological polar surface area (TPSA) is 53.4 Å². The number of carbonyl (C=O) groups is 1. The van der Waals surface area contributed by atoms with Crippen LogP contribution in [0.3, 0.4) is 0 Å². The van der Waals surface area contributed by atoms with E-state index in [1.165, 1.54) is 12.8 Å². The molecule has 0 aliphatic heterocycles. The fourth-order valence-corrected chi connectivity index (χ4v) is 2.65. The Bertz CT molecular complexity index is 665. The van der Waals surface area contributed by atoms with Gasteiger partial charge in [0.15, 0.2) is 5.69 Å². The van der Waals surface area contributed by atoms with E-state index in [4.69, 9.17) is 0 Å². The number of hydrogen-bond donors (Lipinski definition) is 1. The van der Waals surface area contributed by atoms with Crippen molar-refractivity contribution in [3.05, 3.63) is 36.0 Å². The molecule has 3 rings (SSSR count). The fraction of sp³-hybridized carbons (Fsp3) is 0.375. The lowest BCUT2D eigenvalue weighted by molar-refractivity contribution is 0.0691. The van der Waals surface area contributed by atoms with Gasteiger partial charge in [-0.05, 0) is 37.1 Å². The minimum atomic E-state index is -0.982. The molecule has 1 N–H and O–H groups in total. The summed E-state index contributed by atoms with van der Waals surface area (Å²) in [6.07, 6.45) is 2.50.